The SMILES string of the molecule is CN(c1ccc(N)cc1I)C1CC1. The molecule has 2 rings (SSSR count). The first-order valence-electron chi connectivity index (χ1n) is 4.46. The minimum atomic E-state index is 0.761. The fraction of sp³-hybridized carbons (Fsp3) is 0.400. The van der Waals surface area contributed by atoms with Gasteiger partial charge < -0.3 is 10.6 Å². The minimum absolute atomic E-state index is 0.761. The highest BCUT2D eigenvalue weighted by Crippen LogP contribution is 2.33. The van der Waals surface area contributed by atoms with Crippen molar-refractivity contribution in [3.8, 4) is 0 Å². The van der Waals surface area contributed by atoms with E-state index >= 15 is 0 Å². The molecule has 0 spiro atoms. The van der Waals surface area contributed by atoms with E-state index in [0.717, 1.165) is 11.7 Å². The van der Waals surface area contributed by atoms with Crippen LogP contribution in [0, 0.1) is 3.57 Å². The number of halogens is 1. The first-order chi connectivity index (χ1) is 6.18. The van der Waals surface area contributed by atoms with Crippen LogP contribution in [0.3, 0.4) is 0 Å². The van der Waals surface area contributed by atoms with Crippen molar-refractivity contribution in [2.75, 3.05) is 17.7 Å². The van der Waals surface area contributed by atoms with Crippen LogP contribution in [0.4, 0.5) is 11.4 Å². The maximum absolute atomic E-state index is 5.70. The van der Waals surface area contributed by atoms with E-state index in [2.05, 4.69) is 40.6 Å². The standard InChI is InChI=1S/C10H13IN2/c1-13(8-3-4-8)10-5-2-7(12)6-9(10)11/h2,5-6,8H,3-4,12H2,1H3. The Bertz CT molecular complexity index is 321. The number of anilines is 2. The van der Waals surface area contributed by atoms with Gasteiger partial charge >= 0.3 is 0 Å². The Kier molecular flexibility index (Phi) is 2.36. The second-order valence-electron chi connectivity index (χ2n) is 3.55. The molecule has 0 atom stereocenters. The minimum Gasteiger partial charge on any atom is -0.399 e. The Morgan fingerprint density at radius 1 is 1.46 bits per heavy atom. The summed E-state index contributed by atoms with van der Waals surface area (Å²) in [6.07, 6.45) is 2.66. The van der Waals surface area contributed by atoms with Crippen LogP contribution in [0.15, 0.2) is 18.2 Å². The van der Waals surface area contributed by atoms with Gasteiger partial charge in [0.1, 0.15) is 0 Å². The number of nitrogens with zero attached hydrogens (tertiary/aromatic N) is 1. The molecule has 0 aromatic heterocycles. The molecule has 1 aromatic carbocycles. The number of benzene rings is 1. The van der Waals surface area contributed by atoms with Crippen LogP contribution in [0.2, 0.25) is 0 Å². The summed E-state index contributed by atoms with van der Waals surface area (Å²) in [7, 11) is 2.16. The second-order valence-corrected chi connectivity index (χ2v) is 4.72. The van der Waals surface area contributed by atoms with Crippen molar-refractivity contribution in [2.24, 2.45) is 0 Å². The average Bonchev–Trinajstić information content (AvgIpc) is 2.85. The average molecular weight is 288 g/mol. The molecule has 0 heterocycles. The summed E-state index contributed by atoms with van der Waals surface area (Å²) in [6, 6.07) is 6.86. The van der Waals surface area contributed by atoms with Crippen LogP contribution in [-0.2, 0) is 0 Å². The van der Waals surface area contributed by atoms with Crippen molar-refractivity contribution in [2.45, 2.75) is 18.9 Å². The highest BCUT2D eigenvalue weighted by atomic mass is 127. The summed E-state index contributed by atoms with van der Waals surface area (Å²) < 4.78 is 1.24. The van der Waals surface area contributed by atoms with Crippen LogP contribution in [0.25, 0.3) is 0 Å². The third-order valence-corrected chi connectivity index (χ3v) is 3.31. The van der Waals surface area contributed by atoms with Gasteiger partial charge in [-0.25, -0.2) is 0 Å². The summed E-state index contributed by atoms with van der Waals surface area (Å²) in [5.41, 5.74) is 7.84. The predicted octanol–water partition coefficient (Wildman–Crippen LogP) is 2.47. The Morgan fingerprint density at radius 3 is 2.69 bits per heavy atom. The van der Waals surface area contributed by atoms with E-state index < -0.39 is 0 Å². The molecule has 0 bridgehead atoms. The molecule has 2 N–H and O–H groups in total. The van der Waals surface area contributed by atoms with Gasteiger partial charge in [-0.1, -0.05) is 0 Å². The van der Waals surface area contributed by atoms with E-state index in [1.807, 2.05) is 12.1 Å². The molecule has 2 nitrogen and oxygen atoms in total. The van der Waals surface area contributed by atoms with E-state index in [4.69, 9.17) is 5.73 Å². The largest absolute Gasteiger partial charge is 0.399 e. The fourth-order valence-corrected chi connectivity index (χ4v) is 2.39. The second kappa shape index (κ2) is 3.36. The van der Waals surface area contributed by atoms with Crippen LogP contribution in [-0.4, -0.2) is 13.1 Å². The highest BCUT2D eigenvalue weighted by molar-refractivity contribution is 14.1. The zero-order valence-corrected chi connectivity index (χ0v) is 9.78. The Hall–Kier alpha value is -0.450. The molecule has 1 aliphatic rings. The van der Waals surface area contributed by atoms with Gasteiger partial charge in [0.2, 0.25) is 0 Å². The predicted molar refractivity (Wildman–Crippen MR) is 65.0 cm³/mol. The summed E-state index contributed by atoms with van der Waals surface area (Å²) in [5.74, 6) is 0. The van der Waals surface area contributed by atoms with Crippen molar-refractivity contribution in [3.05, 3.63) is 21.8 Å². The molecule has 0 unspecified atom stereocenters. The van der Waals surface area contributed by atoms with Gasteiger partial charge in [-0.2, -0.15) is 0 Å². The third kappa shape index (κ3) is 1.90. The van der Waals surface area contributed by atoms with Crippen LogP contribution < -0.4 is 10.6 Å². The van der Waals surface area contributed by atoms with Gasteiger partial charge in [-0.3, -0.25) is 0 Å². The van der Waals surface area contributed by atoms with Gasteiger partial charge in [0.15, 0.2) is 0 Å². The van der Waals surface area contributed by atoms with Crippen LogP contribution in [0.5, 0.6) is 0 Å². The van der Waals surface area contributed by atoms with Crippen molar-refractivity contribution in [1.29, 1.82) is 0 Å². The van der Waals surface area contributed by atoms with Gasteiger partial charge in [0.25, 0.3) is 0 Å². The summed E-state index contributed by atoms with van der Waals surface area (Å²) in [4.78, 5) is 2.35. The smallest absolute Gasteiger partial charge is 0.0503 e. The lowest BCUT2D eigenvalue weighted by Crippen LogP contribution is -2.20. The molecule has 0 saturated heterocycles. The van der Waals surface area contributed by atoms with E-state index in [-0.39, 0.29) is 0 Å². The number of rotatable bonds is 2. The molecule has 70 valence electrons. The fourth-order valence-electron chi connectivity index (χ4n) is 1.47. The first-order valence-corrected chi connectivity index (χ1v) is 5.54. The first kappa shape index (κ1) is 9.12. The van der Waals surface area contributed by atoms with Gasteiger partial charge in [0, 0.05) is 22.3 Å². The summed E-state index contributed by atoms with van der Waals surface area (Å²) >= 11 is 2.34. The zero-order valence-electron chi connectivity index (χ0n) is 7.63. The number of hydrogen-bond acceptors (Lipinski definition) is 2. The molecule has 1 aromatic rings. The Labute approximate surface area is 92.2 Å². The van der Waals surface area contributed by atoms with Crippen molar-refractivity contribution in [1.82, 2.24) is 0 Å². The number of nitrogen functional groups attached to an aromatic ring is 1. The molecule has 0 radical (unpaired) electrons. The Balaban J connectivity index is 2.28. The molecule has 1 saturated carbocycles. The lowest BCUT2D eigenvalue weighted by Gasteiger charge is -2.20. The normalized spacial score (nSPS) is 15.8. The molecule has 0 amide bonds. The maximum Gasteiger partial charge on any atom is 0.0503 e. The van der Waals surface area contributed by atoms with E-state index in [1.54, 1.807) is 0 Å². The van der Waals surface area contributed by atoms with Gasteiger partial charge in [0.05, 0.1) is 5.69 Å². The molecule has 0 aliphatic heterocycles. The molecule has 3 heteroatoms. The van der Waals surface area contributed by atoms with Crippen LogP contribution in [0.1, 0.15) is 12.8 Å². The molecule has 1 fully saturated rings. The monoisotopic (exact) mass is 288 g/mol. The zero-order chi connectivity index (χ0) is 9.42. The quantitative estimate of drug-likeness (QED) is 0.669. The van der Waals surface area contributed by atoms with E-state index in [0.29, 0.717) is 0 Å². The van der Waals surface area contributed by atoms with Crippen molar-refractivity contribution < 1.29 is 0 Å². The Morgan fingerprint density at radius 2 is 2.15 bits per heavy atom. The van der Waals surface area contributed by atoms with Crippen molar-refractivity contribution in [3.63, 3.8) is 0 Å². The highest BCUT2D eigenvalue weighted by Gasteiger charge is 2.27. The maximum atomic E-state index is 5.70. The topological polar surface area (TPSA) is 29.3 Å². The molecule has 13 heavy (non-hydrogen) atoms. The summed E-state index contributed by atoms with van der Waals surface area (Å²) in [5, 5.41) is 0. The van der Waals surface area contributed by atoms with Gasteiger partial charge in [-0.15, -0.1) is 0 Å². The third-order valence-electron chi connectivity index (χ3n) is 2.45. The van der Waals surface area contributed by atoms with E-state index in [1.165, 1.54) is 22.1 Å². The van der Waals surface area contributed by atoms with Crippen LogP contribution >= 0.6 is 22.6 Å². The van der Waals surface area contributed by atoms with Gasteiger partial charge in [-0.05, 0) is 53.6 Å². The number of nitrogens with two attached hydrogens (primary N) is 1. The van der Waals surface area contributed by atoms with E-state index in [9.17, 15) is 0 Å². The molecular weight excluding hydrogens is 275 g/mol. The summed E-state index contributed by atoms with van der Waals surface area (Å²) in [6.45, 7) is 0. The lowest BCUT2D eigenvalue weighted by molar-refractivity contribution is 0.914. The molecular formula is C10H13IN2. The molecule has 1 aliphatic carbocycles. The number of hydrogen-bond donors (Lipinski definition) is 1. The lowest BCUT2D eigenvalue weighted by atomic mass is 10.2. The van der Waals surface area contributed by atoms with Crippen molar-refractivity contribution >= 4 is 34.0 Å².